The maximum atomic E-state index is 13.3. The lowest BCUT2D eigenvalue weighted by atomic mass is 9.87. The van der Waals surface area contributed by atoms with Gasteiger partial charge in [0.25, 0.3) is 12.1 Å². The van der Waals surface area contributed by atoms with E-state index >= 15 is 0 Å². The third kappa shape index (κ3) is 2.03. The Labute approximate surface area is 173 Å². The van der Waals surface area contributed by atoms with Crippen LogP contribution in [-0.2, 0) is 0 Å². The van der Waals surface area contributed by atoms with E-state index in [4.69, 9.17) is 23.2 Å². The summed E-state index contributed by atoms with van der Waals surface area (Å²) in [7, 11) is 0. The molecule has 0 N–H and O–H groups in total. The van der Waals surface area contributed by atoms with Gasteiger partial charge in [-0.15, -0.1) is 23.2 Å². The average Bonchev–Trinajstić information content (AvgIpc) is 3.45. The molecule has 6 heteroatoms. The largest absolute Gasteiger partial charge is 0.567 e. The number of rotatable bonds is 2. The Balaban J connectivity index is 1.39. The normalized spacial score (nSPS) is 40.4. The molecule has 6 rings (SSSR count). The fourth-order valence-electron chi connectivity index (χ4n) is 6.41. The zero-order valence-electron chi connectivity index (χ0n) is 15.1. The molecule has 0 saturated heterocycles. The number of hydrogen-bond acceptors (Lipinski definition) is 2. The number of benzene rings is 2. The molecule has 2 saturated carbocycles. The molecule has 0 aromatic heterocycles. The molecule has 8 unspecified atom stereocenters. The summed E-state index contributed by atoms with van der Waals surface area (Å²) in [5.74, 6) is 0.310. The van der Waals surface area contributed by atoms with Crippen molar-refractivity contribution in [1.29, 1.82) is 0 Å². The van der Waals surface area contributed by atoms with Crippen molar-refractivity contribution in [3.8, 4) is 0 Å². The molecule has 2 aromatic rings. The Morgan fingerprint density at radius 2 is 0.929 bits per heavy atom. The minimum absolute atomic E-state index is 0.0114. The molecule has 4 aliphatic rings. The summed E-state index contributed by atoms with van der Waals surface area (Å²) in [6.07, 6.45) is 1.68. The Morgan fingerprint density at radius 1 is 0.607 bits per heavy atom. The average molecular weight is 415 g/mol. The van der Waals surface area contributed by atoms with E-state index in [1.807, 2.05) is 24.3 Å². The van der Waals surface area contributed by atoms with Gasteiger partial charge in [-0.25, -0.2) is 0 Å². The number of hydrogen-bond donors (Lipinski definition) is 0. The van der Waals surface area contributed by atoms with Crippen LogP contribution in [0.4, 0.5) is 0 Å². The van der Waals surface area contributed by atoms with Crippen molar-refractivity contribution in [3.05, 3.63) is 81.2 Å². The van der Waals surface area contributed by atoms with E-state index in [1.165, 1.54) is 22.3 Å². The standard InChI is InChI=1S/C22H20Cl2N2O2/c23-19-15-9-17(13-7-3-1-5-11(13)15)21(19)25(27)26(28)22-18-10-16(20(22)24)12-6-2-4-8-14(12)18/h1-8,15-22H,9-10H2. The Kier molecular flexibility index (Phi) is 3.58. The van der Waals surface area contributed by atoms with Crippen molar-refractivity contribution in [2.45, 2.75) is 59.4 Å². The highest BCUT2D eigenvalue weighted by Gasteiger charge is 2.61. The molecule has 0 aliphatic heterocycles. The van der Waals surface area contributed by atoms with Crippen LogP contribution in [0, 0.1) is 10.4 Å². The first-order valence-electron chi connectivity index (χ1n) is 9.96. The summed E-state index contributed by atoms with van der Waals surface area (Å²) < 4.78 is 0. The van der Waals surface area contributed by atoms with Gasteiger partial charge in [-0.2, -0.15) is 0 Å². The van der Waals surface area contributed by atoms with Crippen molar-refractivity contribution in [2.75, 3.05) is 0 Å². The predicted octanol–water partition coefficient (Wildman–Crippen LogP) is 4.98. The molecule has 144 valence electrons. The molecule has 28 heavy (non-hydrogen) atoms. The number of azo groups is 1. The molecule has 0 spiro atoms. The summed E-state index contributed by atoms with van der Waals surface area (Å²) in [5, 5.41) is 25.8. The molecular weight excluding hydrogens is 395 g/mol. The van der Waals surface area contributed by atoms with Gasteiger partial charge in [0.1, 0.15) is 10.8 Å². The number of alkyl halides is 2. The van der Waals surface area contributed by atoms with Gasteiger partial charge >= 0.3 is 0 Å². The number of fused-ring (bicyclic) bond motifs is 10. The molecular formula is C22H20Cl2N2O2. The first-order valence-corrected chi connectivity index (χ1v) is 10.8. The van der Waals surface area contributed by atoms with E-state index in [2.05, 4.69) is 24.3 Å². The Morgan fingerprint density at radius 3 is 1.29 bits per heavy atom. The summed E-state index contributed by atoms with van der Waals surface area (Å²) >= 11 is 13.4. The first-order chi connectivity index (χ1) is 13.6. The second-order valence-corrected chi connectivity index (χ2v) is 9.64. The van der Waals surface area contributed by atoms with Crippen molar-refractivity contribution in [2.24, 2.45) is 0 Å². The van der Waals surface area contributed by atoms with E-state index in [0.29, 0.717) is 9.72 Å². The Bertz CT molecular complexity index is 930. The molecule has 2 aromatic carbocycles. The van der Waals surface area contributed by atoms with Crippen LogP contribution in [0.2, 0.25) is 0 Å². The highest BCUT2D eigenvalue weighted by molar-refractivity contribution is 6.22. The van der Waals surface area contributed by atoms with E-state index < -0.39 is 12.1 Å². The van der Waals surface area contributed by atoms with Gasteiger partial charge in [0.15, 0.2) is 0 Å². The minimum Gasteiger partial charge on any atom is -0.567 e. The van der Waals surface area contributed by atoms with Gasteiger partial charge in [-0.05, 0) is 35.1 Å². The van der Waals surface area contributed by atoms with Crippen molar-refractivity contribution >= 4 is 23.2 Å². The molecule has 4 nitrogen and oxygen atoms in total. The van der Waals surface area contributed by atoms with Gasteiger partial charge in [-0.3, -0.25) is 0 Å². The monoisotopic (exact) mass is 414 g/mol. The lowest BCUT2D eigenvalue weighted by molar-refractivity contribution is -0.997. The van der Waals surface area contributed by atoms with Crippen LogP contribution in [0.15, 0.2) is 48.5 Å². The molecule has 0 amide bonds. The van der Waals surface area contributed by atoms with Gasteiger partial charge in [0, 0.05) is 21.6 Å². The zero-order valence-corrected chi connectivity index (χ0v) is 16.6. The summed E-state index contributed by atoms with van der Waals surface area (Å²) in [5.41, 5.74) is 4.81. The third-order valence-electron chi connectivity index (χ3n) is 7.56. The Hall–Kier alpha value is -1.78. The second kappa shape index (κ2) is 5.87. The molecule has 0 radical (unpaired) electrons. The molecule has 0 heterocycles. The topological polar surface area (TPSA) is 52.1 Å². The van der Waals surface area contributed by atoms with E-state index in [9.17, 15) is 10.4 Å². The van der Waals surface area contributed by atoms with Gasteiger partial charge in [0.2, 0.25) is 0 Å². The van der Waals surface area contributed by atoms with Crippen LogP contribution in [0.5, 0.6) is 0 Å². The van der Waals surface area contributed by atoms with Crippen molar-refractivity contribution < 1.29 is 9.72 Å². The van der Waals surface area contributed by atoms with Crippen molar-refractivity contribution in [1.82, 2.24) is 0 Å². The second-order valence-electron chi connectivity index (χ2n) is 8.63. The maximum absolute atomic E-state index is 13.3. The van der Waals surface area contributed by atoms with E-state index in [0.717, 1.165) is 12.8 Å². The summed E-state index contributed by atoms with van der Waals surface area (Å²) in [6.45, 7) is 0. The maximum Gasteiger partial charge on any atom is 0.252 e. The SMILES string of the molecule is [O-][N+](C1C2CC(c3ccccc32)C1Cl)=[N+]([O-])C1C2CC(c3ccccc32)C1Cl. The zero-order chi connectivity index (χ0) is 19.2. The van der Waals surface area contributed by atoms with Crippen molar-refractivity contribution in [3.63, 3.8) is 0 Å². The van der Waals surface area contributed by atoms with E-state index in [-0.39, 0.29) is 34.4 Å². The predicted molar refractivity (Wildman–Crippen MR) is 107 cm³/mol. The molecule has 4 aliphatic carbocycles. The number of nitrogens with zero attached hydrogens (tertiary/aromatic N) is 2. The fourth-order valence-corrected chi connectivity index (χ4v) is 7.43. The smallest absolute Gasteiger partial charge is 0.252 e. The van der Waals surface area contributed by atoms with Crippen LogP contribution in [0.1, 0.15) is 58.8 Å². The van der Waals surface area contributed by atoms with Crippen LogP contribution in [0.3, 0.4) is 0 Å². The minimum atomic E-state index is -0.530. The lowest BCUT2D eigenvalue weighted by Gasteiger charge is -2.28. The van der Waals surface area contributed by atoms with Crippen LogP contribution < -0.4 is 0 Å². The highest BCUT2D eigenvalue weighted by Crippen LogP contribution is 2.58. The molecule has 8 atom stereocenters. The van der Waals surface area contributed by atoms with Gasteiger partial charge in [0.05, 0.1) is 11.8 Å². The summed E-state index contributed by atoms with van der Waals surface area (Å²) in [4.78, 5) is 1.25. The van der Waals surface area contributed by atoms with E-state index in [1.54, 1.807) is 0 Å². The molecule has 2 fully saturated rings. The van der Waals surface area contributed by atoms with Crippen LogP contribution in [-0.4, -0.2) is 32.6 Å². The van der Waals surface area contributed by atoms with Gasteiger partial charge in [-0.1, -0.05) is 48.5 Å². The van der Waals surface area contributed by atoms with Crippen LogP contribution in [0.25, 0.3) is 0 Å². The van der Waals surface area contributed by atoms with Crippen LogP contribution >= 0.6 is 23.2 Å². The first kappa shape index (κ1) is 17.1. The number of hydroxylamine groups is 2. The lowest BCUT2D eigenvalue weighted by Crippen LogP contribution is -2.45. The quantitative estimate of drug-likeness (QED) is 0.301. The highest BCUT2D eigenvalue weighted by atomic mass is 35.5. The third-order valence-corrected chi connectivity index (χ3v) is 8.68. The van der Waals surface area contributed by atoms with Gasteiger partial charge < -0.3 is 10.4 Å². The summed E-state index contributed by atoms with van der Waals surface area (Å²) in [6, 6.07) is 15.3. The fraction of sp³-hybridized carbons (Fsp3) is 0.455. The molecule has 4 bridgehead atoms. The number of halogens is 2.